The largest absolute Gasteiger partial charge is 0.457 e. The first-order valence-corrected chi connectivity index (χ1v) is 40.8. The van der Waals surface area contributed by atoms with E-state index < -0.39 is 10.8 Å². The molecule has 0 N–H and O–H groups in total. The molecule has 120 heavy (non-hydrogen) atoms. The van der Waals surface area contributed by atoms with E-state index in [2.05, 4.69) is 376 Å². The molecule has 18 aromatic carbocycles. The second-order valence-corrected chi connectivity index (χ2v) is 31.5. The molecular formula is C112H68N6O2. The fourth-order valence-corrected chi connectivity index (χ4v) is 19.4. The smallest absolute Gasteiger partial charge is 0.164 e. The Bertz CT molecular complexity index is 7550. The van der Waals surface area contributed by atoms with Crippen LogP contribution in [0.1, 0.15) is 44.5 Å². The zero-order valence-corrected chi connectivity index (χ0v) is 64.8. The molecule has 0 radical (unpaired) electrons. The zero-order chi connectivity index (χ0) is 79.0. The van der Waals surface area contributed by atoms with Crippen LogP contribution >= 0.6 is 0 Å². The van der Waals surface area contributed by atoms with Crippen molar-refractivity contribution in [2.75, 3.05) is 0 Å². The molecule has 20 aromatic rings. The van der Waals surface area contributed by atoms with Crippen LogP contribution in [0, 0.1) is 0 Å². The van der Waals surface area contributed by atoms with Gasteiger partial charge in [-0.2, -0.15) is 0 Å². The third kappa shape index (κ3) is 10.9. The molecule has 0 bridgehead atoms. The second-order valence-electron chi connectivity index (χ2n) is 31.5. The molecule has 0 saturated heterocycles. The number of ether oxygens (including phenoxy) is 2. The molecule has 4 heterocycles. The van der Waals surface area contributed by atoms with E-state index in [1.807, 2.05) is 36.4 Å². The number of fused-ring (bicyclic) bond motifs is 21. The number of hydrogen-bond acceptors (Lipinski definition) is 8. The van der Waals surface area contributed by atoms with Crippen molar-refractivity contribution < 1.29 is 9.47 Å². The molecule has 558 valence electrons. The van der Waals surface area contributed by atoms with Crippen LogP contribution in [0.15, 0.2) is 413 Å². The summed E-state index contributed by atoms with van der Waals surface area (Å²) in [6.45, 7) is 0. The summed E-state index contributed by atoms with van der Waals surface area (Å²) in [5.74, 6) is 6.93. The highest BCUT2D eigenvalue weighted by atomic mass is 16.5. The summed E-state index contributed by atoms with van der Waals surface area (Å²) in [5, 5.41) is 4.75. The van der Waals surface area contributed by atoms with E-state index in [0.29, 0.717) is 34.9 Å². The Hall–Kier alpha value is -15.9. The minimum Gasteiger partial charge on any atom is -0.457 e. The Labute approximate surface area is 693 Å². The molecule has 0 fully saturated rings. The van der Waals surface area contributed by atoms with Crippen LogP contribution in [-0.2, 0) is 10.8 Å². The van der Waals surface area contributed by atoms with Crippen molar-refractivity contribution in [2.45, 2.75) is 10.8 Å². The third-order valence-electron chi connectivity index (χ3n) is 24.9. The molecule has 2 spiro atoms. The summed E-state index contributed by atoms with van der Waals surface area (Å²) in [4.78, 5) is 31.3. The van der Waals surface area contributed by atoms with Crippen LogP contribution in [0.25, 0.3) is 168 Å². The van der Waals surface area contributed by atoms with Crippen LogP contribution in [0.5, 0.6) is 23.0 Å². The minimum absolute atomic E-state index is 0.536. The molecule has 8 nitrogen and oxygen atoms in total. The van der Waals surface area contributed by atoms with Crippen molar-refractivity contribution in [3.05, 3.63) is 457 Å². The average molecular weight is 1530 g/mol. The lowest BCUT2D eigenvalue weighted by atomic mass is 9.66. The number of nitrogens with zero attached hydrogens (tertiary/aromatic N) is 6. The molecule has 8 heteroatoms. The lowest BCUT2D eigenvalue weighted by Crippen LogP contribution is -2.32. The molecule has 2 aliphatic heterocycles. The first-order valence-electron chi connectivity index (χ1n) is 40.8. The van der Waals surface area contributed by atoms with Crippen LogP contribution in [-0.4, -0.2) is 29.9 Å². The first-order chi connectivity index (χ1) is 59.4. The predicted octanol–water partition coefficient (Wildman–Crippen LogP) is 27.6. The molecule has 4 aliphatic rings. The predicted molar refractivity (Wildman–Crippen MR) is 483 cm³/mol. The minimum atomic E-state index is -0.662. The van der Waals surface area contributed by atoms with Gasteiger partial charge in [-0.15, -0.1) is 0 Å². The van der Waals surface area contributed by atoms with Gasteiger partial charge in [0, 0.05) is 55.6 Å². The normalized spacial score (nSPS) is 13.9. The van der Waals surface area contributed by atoms with Gasteiger partial charge in [0.15, 0.2) is 34.9 Å². The Morgan fingerprint density at radius 1 is 0.150 bits per heavy atom. The molecule has 24 rings (SSSR count). The number of rotatable bonds is 11. The molecule has 1 unspecified atom stereocenters. The number of para-hydroxylation sites is 2. The van der Waals surface area contributed by atoms with E-state index in [-0.39, 0.29) is 0 Å². The first kappa shape index (κ1) is 68.5. The Balaban J connectivity index is 0.538. The van der Waals surface area contributed by atoms with Gasteiger partial charge in [0.25, 0.3) is 0 Å². The van der Waals surface area contributed by atoms with E-state index in [0.717, 1.165) is 140 Å². The van der Waals surface area contributed by atoms with E-state index in [4.69, 9.17) is 39.4 Å². The summed E-state index contributed by atoms with van der Waals surface area (Å²) < 4.78 is 14.0. The number of aromatic nitrogens is 6. The van der Waals surface area contributed by atoms with E-state index in [1.54, 1.807) is 0 Å². The maximum absolute atomic E-state index is 7.06. The molecule has 1 atom stereocenters. The Kier molecular flexibility index (Phi) is 15.6. The van der Waals surface area contributed by atoms with Gasteiger partial charge < -0.3 is 9.47 Å². The van der Waals surface area contributed by atoms with Gasteiger partial charge >= 0.3 is 0 Å². The van der Waals surface area contributed by atoms with Crippen LogP contribution in [0.4, 0.5) is 0 Å². The SMILES string of the molecule is c1ccc(-c2cccc(-c3nc(-c4ccc(-c5ccc6c(c5)Oc5ccccc5C65c6ccccc6-c6ccccc65)cc4)nc(-c4cccc(-c5ccc(-c6ccc7c(c6)-c6ccccc6C76c7ccccc7Oc7cc(-c8ccc(-c9nc(-c%10ccccc%10)nc(-c%10ccc%11c(ccc%12ccccc%12%11)c%10)n9)cc8)ccc76)cc5)c4)n3)c2)cc1. The van der Waals surface area contributed by atoms with Gasteiger partial charge in [0.1, 0.15) is 23.0 Å². The highest BCUT2D eigenvalue weighted by Gasteiger charge is 2.53. The van der Waals surface area contributed by atoms with Crippen molar-refractivity contribution in [1.82, 2.24) is 29.9 Å². The van der Waals surface area contributed by atoms with Crippen molar-refractivity contribution in [2.24, 2.45) is 0 Å². The van der Waals surface area contributed by atoms with Gasteiger partial charge in [-0.25, -0.2) is 29.9 Å². The van der Waals surface area contributed by atoms with Crippen LogP contribution in [0.3, 0.4) is 0 Å². The van der Waals surface area contributed by atoms with Gasteiger partial charge in [0.05, 0.1) is 10.8 Å². The van der Waals surface area contributed by atoms with Crippen molar-refractivity contribution >= 4 is 21.5 Å². The summed E-state index contributed by atoms with van der Waals surface area (Å²) in [6.07, 6.45) is 0. The second kappa shape index (κ2) is 27.4. The summed E-state index contributed by atoms with van der Waals surface area (Å²) in [7, 11) is 0. The monoisotopic (exact) mass is 1530 g/mol. The van der Waals surface area contributed by atoms with Gasteiger partial charge in [0.2, 0.25) is 0 Å². The lowest BCUT2D eigenvalue weighted by molar-refractivity contribution is 0.436. The zero-order valence-electron chi connectivity index (χ0n) is 64.8. The van der Waals surface area contributed by atoms with Crippen molar-refractivity contribution in [3.8, 4) is 169 Å². The van der Waals surface area contributed by atoms with Gasteiger partial charge in [-0.05, 0) is 170 Å². The maximum atomic E-state index is 7.06. The Morgan fingerprint density at radius 3 is 0.917 bits per heavy atom. The molecule has 2 aromatic heterocycles. The molecule has 0 saturated carbocycles. The highest BCUT2D eigenvalue weighted by molar-refractivity contribution is 6.08. The molecule has 0 amide bonds. The maximum Gasteiger partial charge on any atom is 0.164 e. The molecular weight excluding hydrogens is 1460 g/mol. The summed E-state index contributed by atoms with van der Waals surface area (Å²) in [6, 6.07) is 147. The van der Waals surface area contributed by atoms with Gasteiger partial charge in [-0.1, -0.05) is 364 Å². The number of benzene rings is 18. The third-order valence-corrected chi connectivity index (χ3v) is 24.9. The fourth-order valence-electron chi connectivity index (χ4n) is 19.4. The number of hydrogen-bond donors (Lipinski definition) is 0. The average Bonchev–Trinajstić information content (AvgIpc) is 1.51. The van der Waals surface area contributed by atoms with Gasteiger partial charge in [-0.3, -0.25) is 0 Å². The quantitative estimate of drug-likeness (QED) is 0.118. The van der Waals surface area contributed by atoms with Crippen molar-refractivity contribution in [1.29, 1.82) is 0 Å². The summed E-state index contributed by atoms with van der Waals surface area (Å²) in [5.41, 5.74) is 29.3. The topological polar surface area (TPSA) is 95.8 Å². The van der Waals surface area contributed by atoms with Crippen LogP contribution in [0.2, 0.25) is 0 Å². The van der Waals surface area contributed by atoms with E-state index in [9.17, 15) is 0 Å². The van der Waals surface area contributed by atoms with Crippen LogP contribution < -0.4 is 9.47 Å². The highest BCUT2D eigenvalue weighted by Crippen LogP contribution is 2.65. The fraction of sp³-hybridized carbons (Fsp3) is 0.0179. The standard InChI is InChI=1S/C112H68N6O2/c1-3-21-69(22-4-1)78-26-19-28-84(63-78)108-115-107(77-52-47-73(48-53-77)81-57-61-99-103(67-81)119-101-39-17-15-37-97(101)111(99)93-34-12-9-31-89(93)90-32-10-13-35-94(90)111)116-109(118-108)85-29-20-27-79(64-85)70-41-43-71(44-42-70)80-56-60-96-92(66-80)91-33-11-14-36-95(91)112(96)98-38-16-18-40-102(98)120-104-68-82(58-62-100(104)112)72-45-50-76(51-46-72)106-113-105(75-24-5-2-6-25-75)114-110(117-106)86-55-59-88-83(65-86)54-49-74-23-7-8-30-87(74)88/h1-68H. The molecule has 2 aliphatic carbocycles. The Morgan fingerprint density at radius 2 is 0.433 bits per heavy atom. The van der Waals surface area contributed by atoms with E-state index >= 15 is 0 Å². The van der Waals surface area contributed by atoms with E-state index in [1.165, 1.54) is 60.7 Å². The van der Waals surface area contributed by atoms with Crippen molar-refractivity contribution in [3.63, 3.8) is 0 Å². The lowest BCUT2D eigenvalue weighted by Gasteiger charge is -2.39. The summed E-state index contributed by atoms with van der Waals surface area (Å²) >= 11 is 0.